The largest absolute Gasteiger partial charge is 0.490 e. The Morgan fingerprint density at radius 2 is 2.07 bits per heavy atom. The summed E-state index contributed by atoms with van der Waals surface area (Å²) in [6.07, 6.45) is 2.27. The number of hydrogen-bond acceptors (Lipinski definition) is 6. The lowest BCUT2D eigenvalue weighted by molar-refractivity contribution is -0.386. The number of aryl methyl sites for hydroxylation is 1. The molecule has 0 N–H and O–H groups in total. The second kappa shape index (κ2) is 9.09. The number of imidazole rings is 1. The number of ether oxygens (including phenoxy) is 2. The quantitative estimate of drug-likeness (QED) is 0.304. The molecule has 0 saturated carbocycles. The van der Waals surface area contributed by atoms with Crippen molar-refractivity contribution in [1.82, 2.24) is 9.55 Å². The summed E-state index contributed by atoms with van der Waals surface area (Å²) < 4.78 is 13.0. The van der Waals surface area contributed by atoms with Gasteiger partial charge >= 0.3 is 5.69 Å². The van der Waals surface area contributed by atoms with E-state index in [1.54, 1.807) is 19.1 Å². The molecule has 0 spiro atoms. The molecule has 0 bridgehead atoms. The molecule has 3 rings (SSSR count). The highest BCUT2D eigenvalue weighted by atomic mass is 16.6. The van der Waals surface area contributed by atoms with E-state index in [4.69, 9.17) is 9.47 Å². The number of benzene rings is 2. The average Bonchev–Trinajstić information content (AvgIpc) is 3.07. The fourth-order valence-electron chi connectivity index (χ4n) is 3.14. The Kier molecular flexibility index (Phi) is 6.32. The van der Waals surface area contributed by atoms with Crippen molar-refractivity contribution in [3.8, 4) is 17.6 Å². The van der Waals surface area contributed by atoms with Gasteiger partial charge in [0, 0.05) is 13.1 Å². The van der Waals surface area contributed by atoms with E-state index in [-0.39, 0.29) is 22.8 Å². The number of hydrogen-bond donors (Lipinski definition) is 0. The summed E-state index contributed by atoms with van der Waals surface area (Å²) in [6.45, 7) is 4.36. The lowest BCUT2D eigenvalue weighted by Crippen LogP contribution is -2.04. The molecule has 0 aliphatic rings. The molecule has 0 aliphatic carbocycles. The fraction of sp³-hybridized carbons (Fsp3) is 0.273. The first-order valence-electron chi connectivity index (χ1n) is 9.61. The van der Waals surface area contributed by atoms with Crippen molar-refractivity contribution in [2.75, 3.05) is 13.2 Å². The zero-order valence-corrected chi connectivity index (χ0v) is 17.1. The molecule has 154 valence electrons. The Hall–Kier alpha value is -3.86. The van der Waals surface area contributed by atoms with Crippen LogP contribution in [-0.2, 0) is 7.05 Å². The number of nitro benzene ring substituents is 1. The lowest BCUT2D eigenvalue weighted by atomic mass is 10.1. The molecule has 3 aromatic rings. The van der Waals surface area contributed by atoms with Crippen LogP contribution < -0.4 is 9.47 Å². The van der Waals surface area contributed by atoms with Crippen LogP contribution in [0.3, 0.4) is 0 Å². The average molecular weight is 406 g/mol. The molecule has 8 nitrogen and oxygen atoms in total. The van der Waals surface area contributed by atoms with Crippen LogP contribution in [0.1, 0.15) is 31.7 Å². The van der Waals surface area contributed by atoms with Crippen molar-refractivity contribution in [1.29, 1.82) is 5.26 Å². The molecule has 0 atom stereocenters. The van der Waals surface area contributed by atoms with Gasteiger partial charge in [0.25, 0.3) is 0 Å². The van der Waals surface area contributed by atoms with Gasteiger partial charge in [-0.3, -0.25) is 10.1 Å². The maximum Gasteiger partial charge on any atom is 0.315 e. The molecule has 0 saturated heterocycles. The van der Waals surface area contributed by atoms with Crippen LogP contribution >= 0.6 is 0 Å². The first-order chi connectivity index (χ1) is 14.5. The van der Waals surface area contributed by atoms with Crippen molar-refractivity contribution in [3.63, 3.8) is 0 Å². The normalized spacial score (nSPS) is 11.3. The molecule has 0 amide bonds. The third-order valence-electron chi connectivity index (χ3n) is 4.46. The van der Waals surface area contributed by atoms with Crippen molar-refractivity contribution < 1.29 is 14.4 Å². The monoisotopic (exact) mass is 406 g/mol. The predicted molar refractivity (Wildman–Crippen MR) is 114 cm³/mol. The van der Waals surface area contributed by atoms with Gasteiger partial charge in [0.1, 0.15) is 6.07 Å². The molecule has 0 unspecified atom stereocenters. The van der Waals surface area contributed by atoms with E-state index >= 15 is 0 Å². The standard InChI is InChI=1S/C22H22N4O4/c1-4-10-30-21-19(26(27)28)12-15(13-20(21)29-5-2)11-16(14-23)22-24-17-8-6-7-9-18(17)25(22)3/h6-9,11-13H,4-5,10H2,1-3H3/b16-11-. The van der Waals surface area contributed by atoms with Gasteiger partial charge < -0.3 is 14.0 Å². The number of allylic oxidation sites excluding steroid dienone is 1. The third-order valence-corrected chi connectivity index (χ3v) is 4.46. The first kappa shape index (κ1) is 20.9. The summed E-state index contributed by atoms with van der Waals surface area (Å²) >= 11 is 0. The first-order valence-corrected chi connectivity index (χ1v) is 9.61. The van der Waals surface area contributed by atoms with Gasteiger partial charge in [-0.25, -0.2) is 4.98 Å². The highest BCUT2D eigenvalue weighted by Crippen LogP contribution is 2.39. The molecule has 0 aliphatic heterocycles. The highest BCUT2D eigenvalue weighted by molar-refractivity contribution is 5.91. The van der Waals surface area contributed by atoms with Gasteiger partial charge in [0.05, 0.1) is 34.7 Å². The van der Waals surface area contributed by atoms with Crippen molar-refractivity contribution in [3.05, 3.63) is 57.9 Å². The SMILES string of the molecule is CCCOc1c(OCC)cc(/C=C(/C#N)c2nc3ccccc3n2C)cc1[N+](=O)[O-]. The van der Waals surface area contributed by atoms with Crippen molar-refractivity contribution in [2.24, 2.45) is 7.05 Å². The summed E-state index contributed by atoms with van der Waals surface area (Å²) in [4.78, 5) is 15.7. The molecule has 8 heteroatoms. The lowest BCUT2D eigenvalue weighted by Gasteiger charge is -2.13. The van der Waals surface area contributed by atoms with E-state index in [0.29, 0.717) is 31.0 Å². The van der Waals surface area contributed by atoms with Gasteiger partial charge in [-0.1, -0.05) is 19.1 Å². The van der Waals surface area contributed by atoms with Gasteiger partial charge in [-0.15, -0.1) is 0 Å². The number of para-hydroxylation sites is 2. The summed E-state index contributed by atoms with van der Waals surface area (Å²) in [6, 6.07) is 12.7. The van der Waals surface area contributed by atoms with Crippen molar-refractivity contribution in [2.45, 2.75) is 20.3 Å². The summed E-state index contributed by atoms with van der Waals surface area (Å²) in [7, 11) is 1.83. The van der Waals surface area contributed by atoms with E-state index in [2.05, 4.69) is 11.1 Å². The number of nitriles is 1. The van der Waals surface area contributed by atoms with E-state index in [9.17, 15) is 15.4 Å². The zero-order valence-electron chi connectivity index (χ0n) is 17.1. The van der Waals surface area contributed by atoms with Crippen LogP contribution in [0.15, 0.2) is 36.4 Å². The van der Waals surface area contributed by atoms with E-state index in [0.717, 1.165) is 11.0 Å². The second-order valence-corrected chi connectivity index (χ2v) is 6.56. The number of rotatable bonds is 8. The zero-order chi connectivity index (χ0) is 21.7. The molecular weight excluding hydrogens is 384 g/mol. The maximum atomic E-state index is 11.7. The number of nitro groups is 1. The Balaban J connectivity index is 2.15. The van der Waals surface area contributed by atoms with Crippen LogP contribution in [-0.4, -0.2) is 27.7 Å². The van der Waals surface area contributed by atoms with Crippen LogP contribution in [0, 0.1) is 21.4 Å². The van der Waals surface area contributed by atoms with Crippen LogP contribution in [0.2, 0.25) is 0 Å². The minimum Gasteiger partial charge on any atom is -0.490 e. The molecule has 30 heavy (non-hydrogen) atoms. The number of aromatic nitrogens is 2. The highest BCUT2D eigenvalue weighted by Gasteiger charge is 2.23. The molecule has 1 aromatic heterocycles. The molecular formula is C22H22N4O4. The molecule has 0 fully saturated rings. The maximum absolute atomic E-state index is 11.7. The third kappa shape index (κ3) is 4.10. The van der Waals surface area contributed by atoms with Gasteiger partial charge in [-0.2, -0.15) is 5.26 Å². The smallest absolute Gasteiger partial charge is 0.315 e. The van der Waals surface area contributed by atoms with Crippen LogP contribution in [0.25, 0.3) is 22.7 Å². The van der Waals surface area contributed by atoms with Gasteiger partial charge in [-0.05, 0) is 43.2 Å². The van der Waals surface area contributed by atoms with Crippen molar-refractivity contribution >= 4 is 28.4 Å². The second-order valence-electron chi connectivity index (χ2n) is 6.56. The van der Waals surface area contributed by atoms with E-state index in [1.165, 1.54) is 6.07 Å². The predicted octanol–water partition coefficient (Wildman–Crippen LogP) is 4.73. The number of fused-ring (bicyclic) bond motifs is 1. The Labute approximate surface area is 174 Å². The van der Waals surface area contributed by atoms with E-state index in [1.807, 2.05) is 42.8 Å². The fourth-order valence-corrected chi connectivity index (χ4v) is 3.14. The number of nitrogens with zero attached hydrogens (tertiary/aromatic N) is 4. The summed E-state index contributed by atoms with van der Waals surface area (Å²) in [5.74, 6) is 0.849. The molecule has 0 radical (unpaired) electrons. The molecule has 1 heterocycles. The topological polar surface area (TPSA) is 103 Å². The Morgan fingerprint density at radius 3 is 2.70 bits per heavy atom. The van der Waals surface area contributed by atoms with Gasteiger partial charge in [0.15, 0.2) is 11.6 Å². The Morgan fingerprint density at radius 1 is 1.30 bits per heavy atom. The minimum atomic E-state index is -0.508. The van der Waals surface area contributed by atoms with Crippen LogP contribution in [0.4, 0.5) is 5.69 Å². The summed E-state index contributed by atoms with van der Waals surface area (Å²) in [5, 5.41) is 21.4. The van der Waals surface area contributed by atoms with Gasteiger partial charge in [0.2, 0.25) is 5.75 Å². The van der Waals surface area contributed by atoms with Crippen LogP contribution in [0.5, 0.6) is 11.5 Å². The minimum absolute atomic E-state index is 0.0992. The Bertz CT molecular complexity index is 1160. The summed E-state index contributed by atoms with van der Waals surface area (Å²) in [5.41, 5.74) is 2.19. The molecule has 2 aromatic carbocycles. The van der Waals surface area contributed by atoms with E-state index < -0.39 is 4.92 Å².